The normalized spacial score (nSPS) is 11.1. The lowest BCUT2D eigenvalue weighted by atomic mass is 10.3. The van der Waals surface area contributed by atoms with Gasteiger partial charge in [-0.15, -0.1) is 0 Å². The Morgan fingerprint density at radius 3 is 2.79 bits per heavy atom. The van der Waals surface area contributed by atoms with Crippen LogP contribution in [0.25, 0.3) is 10.9 Å². The van der Waals surface area contributed by atoms with Crippen LogP contribution in [0.4, 0.5) is 8.78 Å². The van der Waals surface area contributed by atoms with E-state index in [9.17, 15) is 8.78 Å². The zero-order chi connectivity index (χ0) is 9.97. The van der Waals surface area contributed by atoms with Gasteiger partial charge in [-0.1, -0.05) is 18.2 Å². The number of rotatable bonds is 3. The van der Waals surface area contributed by atoms with E-state index < -0.39 is 13.0 Å². The SMILES string of the molecule is FC(F)COn1ccc2ccccc21. The second-order valence-corrected chi connectivity index (χ2v) is 2.89. The van der Waals surface area contributed by atoms with Crippen LogP contribution in [0.2, 0.25) is 0 Å². The summed E-state index contributed by atoms with van der Waals surface area (Å²) in [5.74, 6) is 0. The van der Waals surface area contributed by atoms with Crippen molar-refractivity contribution in [1.29, 1.82) is 0 Å². The van der Waals surface area contributed by atoms with Gasteiger partial charge in [0.15, 0.2) is 6.61 Å². The third kappa shape index (κ3) is 1.69. The van der Waals surface area contributed by atoms with Crippen LogP contribution in [0, 0.1) is 0 Å². The predicted molar refractivity (Wildman–Crippen MR) is 49.4 cm³/mol. The smallest absolute Gasteiger partial charge is 0.274 e. The molecule has 0 unspecified atom stereocenters. The number of nitrogens with zero attached hydrogens (tertiary/aromatic N) is 1. The number of para-hydroxylation sites is 1. The van der Waals surface area contributed by atoms with E-state index in [1.807, 2.05) is 30.3 Å². The van der Waals surface area contributed by atoms with Crippen molar-refractivity contribution < 1.29 is 13.6 Å². The molecule has 1 aromatic heterocycles. The molecule has 0 aliphatic rings. The van der Waals surface area contributed by atoms with Crippen LogP contribution < -0.4 is 4.84 Å². The molecule has 14 heavy (non-hydrogen) atoms. The maximum absolute atomic E-state index is 11.9. The van der Waals surface area contributed by atoms with E-state index in [1.165, 1.54) is 4.73 Å². The van der Waals surface area contributed by atoms with Crippen molar-refractivity contribution >= 4 is 10.9 Å². The number of aromatic nitrogens is 1. The number of hydrogen-bond acceptors (Lipinski definition) is 1. The second kappa shape index (κ2) is 3.65. The number of halogens is 2. The molecule has 1 heterocycles. The summed E-state index contributed by atoms with van der Waals surface area (Å²) < 4.78 is 25.1. The van der Waals surface area contributed by atoms with E-state index in [2.05, 4.69) is 0 Å². The zero-order valence-electron chi connectivity index (χ0n) is 7.36. The summed E-state index contributed by atoms with van der Waals surface area (Å²) >= 11 is 0. The highest BCUT2D eigenvalue weighted by Gasteiger charge is 2.05. The molecule has 74 valence electrons. The summed E-state index contributed by atoms with van der Waals surface area (Å²) in [5, 5.41) is 0.974. The number of hydrogen-bond donors (Lipinski definition) is 0. The van der Waals surface area contributed by atoms with E-state index in [0.717, 1.165) is 10.9 Å². The van der Waals surface area contributed by atoms with Gasteiger partial charge in [-0.3, -0.25) is 0 Å². The van der Waals surface area contributed by atoms with Gasteiger partial charge in [0.1, 0.15) is 0 Å². The van der Waals surface area contributed by atoms with Crippen LogP contribution in [0.3, 0.4) is 0 Å². The number of benzene rings is 1. The molecule has 2 nitrogen and oxygen atoms in total. The van der Waals surface area contributed by atoms with Crippen LogP contribution in [-0.2, 0) is 0 Å². The summed E-state index contributed by atoms with van der Waals surface area (Å²) in [6.07, 6.45) is -0.816. The average molecular weight is 197 g/mol. The Labute approximate surface area is 79.7 Å². The topological polar surface area (TPSA) is 14.2 Å². The molecule has 0 aliphatic carbocycles. The summed E-state index contributed by atoms with van der Waals surface area (Å²) in [4.78, 5) is 4.89. The van der Waals surface area contributed by atoms with Crippen LogP contribution in [-0.4, -0.2) is 17.8 Å². The second-order valence-electron chi connectivity index (χ2n) is 2.89. The molecule has 0 fully saturated rings. The molecule has 0 saturated heterocycles. The summed E-state index contributed by atoms with van der Waals surface area (Å²) in [5.41, 5.74) is 0.799. The molecule has 0 N–H and O–H groups in total. The van der Waals surface area contributed by atoms with E-state index in [-0.39, 0.29) is 0 Å². The Hall–Kier alpha value is -1.58. The molecule has 0 bridgehead atoms. The zero-order valence-corrected chi connectivity index (χ0v) is 7.36. The lowest BCUT2D eigenvalue weighted by Crippen LogP contribution is -2.16. The Bertz CT molecular complexity index is 425. The number of fused-ring (bicyclic) bond motifs is 1. The largest absolute Gasteiger partial charge is 0.408 e. The van der Waals surface area contributed by atoms with Crippen molar-refractivity contribution in [2.24, 2.45) is 0 Å². The fourth-order valence-electron chi connectivity index (χ4n) is 1.31. The first-order valence-electron chi connectivity index (χ1n) is 4.25. The highest BCUT2D eigenvalue weighted by Crippen LogP contribution is 2.13. The molecule has 0 radical (unpaired) electrons. The van der Waals surface area contributed by atoms with Gasteiger partial charge in [0.05, 0.1) is 5.52 Å². The summed E-state index contributed by atoms with van der Waals surface area (Å²) in [6, 6.07) is 9.27. The van der Waals surface area contributed by atoms with Crippen LogP contribution in [0.15, 0.2) is 36.5 Å². The molecule has 2 aromatic rings. The average Bonchev–Trinajstić information content (AvgIpc) is 2.58. The third-order valence-electron chi connectivity index (χ3n) is 1.90. The van der Waals surface area contributed by atoms with Crippen LogP contribution >= 0.6 is 0 Å². The lowest BCUT2D eigenvalue weighted by molar-refractivity contribution is 0.0135. The van der Waals surface area contributed by atoms with Crippen molar-refractivity contribution in [2.45, 2.75) is 6.43 Å². The molecule has 4 heteroatoms. The molecule has 0 amide bonds. The van der Waals surface area contributed by atoms with Crippen molar-refractivity contribution in [3.8, 4) is 0 Å². The highest BCUT2D eigenvalue weighted by atomic mass is 19.3. The van der Waals surface area contributed by atoms with Gasteiger partial charge < -0.3 is 4.84 Å². The van der Waals surface area contributed by atoms with Crippen LogP contribution in [0.5, 0.6) is 0 Å². The molecular formula is C10H9F2NO. The fourth-order valence-corrected chi connectivity index (χ4v) is 1.31. The lowest BCUT2D eigenvalue weighted by Gasteiger charge is -2.06. The molecule has 0 atom stereocenters. The molecular weight excluding hydrogens is 188 g/mol. The van der Waals surface area contributed by atoms with Crippen molar-refractivity contribution in [3.63, 3.8) is 0 Å². The molecule has 0 aliphatic heterocycles. The minimum atomic E-state index is -2.45. The Morgan fingerprint density at radius 2 is 2.00 bits per heavy atom. The highest BCUT2D eigenvalue weighted by molar-refractivity contribution is 5.79. The quantitative estimate of drug-likeness (QED) is 0.736. The van der Waals surface area contributed by atoms with Gasteiger partial charge in [-0.25, -0.2) is 8.78 Å². The molecule has 2 rings (SSSR count). The van der Waals surface area contributed by atoms with Gasteiger partial charge in [-0.05, 0) is 12.1 Å². The van der Waals surface area contributed by atoms with E-state index in [1.54, 1.807) is 6.20 Å². The van der Waals surface area contributed by atoms with Crippen molar-refractivity contribution in [1.82, 2.24) is 4.73 Å². The van der Waals surface area contributed by atoms with Gasteiger partial charge in [-0.2, -0.15) is 4.73 Å². The van der Waals surface area contributed by atoms with Crippen molar-refractivity contribution in [3.05, 3.63) is 36.5 Å². The Kier molecular flexibility index (Phi) is 2.35. The fraction of sp³-hybridized carbons (Fsp3) is 0.200. The first-order valence-corrected chi connectivity index (χ1v) is 4.25. The third-order valence-corrected chi connectivity index (χ3v) is 1.90. The predicted octanol–water partition coefficient (Wildman–Crippen LogP) is 2.33. The minimum absolute atomic E-state index is 0.585. The standard InChI is InChI=1S/C10H9F2NO/c11-10(12)7-14-13-6-5-8-3-1-2-4-9(8)13/h1-6,10H,7H2. The van der Waals surface area contributed by atoms with Gasteiger partial charge in [0.2, 0.25) is 0 Å². The monoisotopic (exact) mass is 197 g/mol. The maximum atomic E-state index is 11.9. The Balaban J connectivity index is 2.25. The van der Waals surface area contributed by atoms with Gasteiger partial charge in [0, 0.05) is 11.6 Å². The van der Waals surface area contributed by atoms with E-state index in [0.29, 0.717) is 0 Å². The summed E-state index contributed by atoms with van der Waals surface area (Å²) in [6.45, 7) is -0.585. The van der Waals surface area contributed by atoms with Gasteiger partial charge in [0.25, 0.3) is 6.43 Å². The van der Waals surface area contributed by atoms with Crippen molar-refractivity contribution in [2.75, 3.05) is 6.61 Å². The molecule has 0 spiro atoms. The maximum Gasteiger partial charge on any atom is 0.274 e. The molecule has 1 aromatic carbocycles. The van der Waals surface area contributed by atoms with Crippen LogP contribution in [0.1, 0.15) is 0 Å². The number of alkyl halides is 2. The Morgan fingerprint density at radius 1 is 1.21 bits per heavy atom. The molecule has 0 saturated carbocycles. The van der Waals surface area contributed by atoms with E-state index >= 15 is 0 Å². The van der Waals surface area contributed by atoms with E-state index in [4.69, 9.17) is 4.84 Å². The minimum Gasteiger partial charge on any atom is -0.408 e. The first kappa shape index (κ1) is 8.99. The van der Waals surface area contributed by atoms with Gasteiger partial charge >= 0.3 is 0 Å². The first-order chi connectivity index (χ1) is 6.77. The summed E-state index contributed by atoms with van der Waals surface area (Å²) in [7, 11) is 0.